The molecule has 0 atom stereocenters. The smallest absolute Gasteiger partial charge is 0.348 e. The van der Waals surface area contributed by atoms with E-state index in [1.807, 2.05) is 6.07 Å². The molecule has 0 bridgehead atoms. The summed E-state index contributed by atoms with van der Waals surface area (Å²) in [5, 5.41) is 13.4. The van der Waals surface area contributed by atoms with Gasteiger partial charge in [-0.1, -0.05) is 88.1 Å². The van der Waals surface area contributed by atoms with Crippen LogP contribution >= 0.6 is 0 Å². The lowest BCUT2D eigenvalue weighted by atomic mass is 9.77. The van der Waals surface area contributed by atoms with E-state index in [9.17, 15) is 4.79 Å². The molecule has 0 aliphatic heterocycles. The van der Waals surface area contributed by atoms with Gasteiger partial charge in [0.25, 0.3) is 0 Å². The minimum absolute atomic E-state index is 0.166. The van der Waals surface area contributed by atoms with E-state index in [2.05, 4.69) is 66.2 Å². The first-order valence-corrected chi connectivity index (χ1v) is 15.3. The quantitative estimate of drug-likeness (QED) is 0.110. The fraction of sp³-hybridized carbons (Fsp3) is 0.457. The molecule has 1 aliphatic rings. The summed E-state index contributed by atoms with van der Waals surface area (Å²) in [5.41, 5.74) is 7.01. The van der Waals surface area contributed by atoms with E-state index >= 15 is 0 Å². The van der Waals surface area contributed by atoms with Gasteiger partial charge in [0.15, 0.2) is 0 Å². The molecule has 0 saturated heterocycles. The van der Waals surface area contributed by atoms with Crippen molar-refractivity contribution in [2.24, 2.45) is 5.92 Å². The molecule has 4 rings (SSSR count). The third-order valence-corrected chi connectivity index (χ3v) is 8.26. The summed E-state index contributed by atoms with van der Waals surface area (Å²) >= 11 is 0. The Morgan fingerprint density at radius 2 is 1.55 bits per heavy atom. The summed E-state index contributed by atoms with van der Waals surface area (Å²) in [6, 6.07) is 20.9. The van der Waals surface area contributed by atoms with E-state index in [0.29, 0.717) is 5.92 Å². The summed E-state index contributed by atoms with van der Waals surface area (Å²) < 4.78 is 0. The van der Waals surface area contributed by atoms with Gasteiger partial charge < -0.3 is 9.99 Å². The fourth-order valence-electron chi connectivity index (χ4n) is 5.89. The van der Waals surface area contributed by atoms with Crippen LogP contribution in [0, 0.1) is 5.92 Å². The lowest BCUT2D eigenvalue weighted by molar-refractivity contribution is -0.437. The highest BCUT2D eigenvalue weighted by atomic mass is 17.5. The van der Waals surface area contributed by atoms with Crippen LogP contribution in [0.15, 0.2) is 60.7 Å². The van der Waals surface area contributed by atoms with Crippen molar-refractivity contribution < 1.29 is 34.5 Å². The molecular weight excluding hydrogens is 532 g/mol. The Morgan fingerprint density at radius 1 is 0.833 bits per heavy atom. The molecule has 0 aromatic heterocycles. The van der Waals surface area contributed by atoms with E-state index in [4.69, 9.17) is 19.8 Å². The zero-order valence-corrected chi connectivity index (χ0v) is 25.1. The number of carbonyl (C=O) groups excluding carboxylic acids is 1. The number of rotatable bonds is 15. The Morgan fingerprint density at radius 3 is 2.24 bits per heavy atom. The summed E-state index contributed by atoms with van der Waals surface area (Å²) in [6.07, 6.45) is 11.5. The molecule has 42 heavy (non-hydrogen) atoms. The minimum atomic E-state index is -0.760. The van der Waals surface area contributed by atoms with Crippen molar-refractivity contribution >= 4 is 5.97 Å². The second kappa shape index (κ2) is 16.3. The number of aliphatic hydroxyl groups is 1. The van der Waals surface area contributed by atoms with Crippen LogP contribution in [0.4, 0.5) is 0 Å². The van der Waals surface area contributed by atoms with Crippen LogP contribution in [0.25, 0.3) is 22.3 Å². The predicted molar refractivity (Wildman–Crippen MR) is 163 cm³/mol. The Kier molecular flexibility index (Phi) is 12.2. The molecule has 7 nitrogen and oxygen atoms in total. The highest BCUT2D eigenvalue weighted by Gasteiger charge is 2.22. The average Bonchev–Trinajstić information content (AvgIpc) is 3.02. The monoisotopic (exact) mass is 576 g/mol. The maximum Gasteiger partial charge on any atom is 0.348 e. The molecule has 1 fully saturated rings. The Labute approximate surface area is 249 Å². The van der Waals surface area contributed by atoms with Crippen LogP contribution in [0.3, 0.4) is 0 Å². The molecule has 7 heteroatoms. The third kappa shape index (κ3) is 8.57. The van der Waals surface area contributed by atoms with Crippen LogP contribution in [0.2, 0.25) is 0 Å². The zero-order chi connectivity index (χ0) is 29.7. The molecular formula is C35H44O7. The predicted octanol–water partition coefficient (Wildman–Crippen LogP) is 8.53. The summed E-state index contributed by atoms with van der Waals surface area (Å²) in [5.74, 6) is 1.25. The van der Waals surface area contributed by atoms with Gasteiger partial charge in [-0.05, 0) is 89.5 Å². The number of carbonyl (C=O) groups is 1. The zero-order valence-electron chi connectivity index (χ0n) is 25.1. The van der Waals surface area contributed by atoms with Gasteiger partial charge in [-0.2, -0.15) is 4.89 Å². The highest BCUT2D eigenvalue weighted by molar-refractivity contribution is 5.75. The van der Waals surface area contributed by atoms with Crippen molar-refractivity contribution in [3.05, 3.63) is 71.8 Å². The standard InChI is InChI=1S/C35H44O7/c1-4-6-7-8-25-9-11-27(12-10-25)28-13-15-29(16-14-28)32-19-17-30(23-26(32)5-2)31-18-20-33(39-38-3)34(24-31)40-42-41-35(37)21-22-36/h13-20,23-25,27,36H,4-12,21-22H2,1-3H3. The first kappa shape index (κ1) is 31.5. The van der Waals surface area contributed by atoms with Gasteiger partial charge in [-0.3, -0.25) is 9.78 Å². The van der Waals surface area contributed by atoms with Crippen molar-refractivity contribution in [2.75, 3.05) is 13.7 Å². The molecule has 1 N–H and O–H groups in total. The minimum Gasteiger partial charge on any atom is -0.396 e. The average molecular weight is 577 g/mol. The third-order valence-electron chi connectivity index (χ3n) is 8.26. The Hall–Kier alpha value is -3.39. The van der Waals surface area contributed by atoms with Gasteiger partial charge in [0.2, 0.25) is 11.5 Å². The lowest BCUT2D eigenvalue weighted by Gasteiger charge is -2.29. The first-order valence-electron chi connectivity index (χ1n) is 15.3. The molecule has 0 spiro atoms. The van der Waals surface area contributed by atoms with Gasteiger partial charge in [0.05, 0.1) is 20.1 Å². The number of aryl methyl sites for hydroxylation is 1. The normalized spacial score (nSPS) is 16.7. The number of unbranched alkanes of at least 4 members (excludes halogenated alkanes) is 2. The Bertz CT molecular complexity index is 1260. The fourth-order valence-corrected chi connectivity index (χ4v) is 5.89. The van der Waals surface area contributed by atoms with E-state index in [1.54, 1.807) is 12.1 Å². The van der Waals surface area contributed by atoms with Crippen LogP contribution in [-0.4, -0.2) is 24.8 Å². The van der Waals surface area contributed by atoms with E-state index in [1.165, 1.54) is 80.7 Å². The van der Waals surface area contributed by atoms with Crippen LogP contribution in [0.5, 0.6) is 11.5 Å². The van der Waals surface area contributed by atoms with Gasteiger partial charge in [-0.25, -0.2) is 4.79 Å². The van der Waals surface area contributed by atoms with Crippen molar-refractivity contribution in [1.82, 2.24) is 0 Å². The van der Waals surface area contributed by atoms with Gasteiger partial charge in [0.1, 0.15) is 0 Å². The van der Waals surface area contributed by atoms with Crippen LogP contribution in [-0.2, 0) is 26.0 Å². The highest BCUT2D eigenvalue weighted by Crippen LogP contribution is 2.39. The van der Waals surface area contributed by atoms with Crippen LogP contribution in [0.1, 0.15) is 88.7 Å². The number of hydrogen-bond donors (Lipinski definition) is 1. The molecule has 3 aromatic carbocycles. The van der Waals surface area contributed by atoms with Gasteiger partial charge in [-0.15, -0.1) is 0 Å². The SMILES string of the molecule is CCCCCC1CCC(c2ccc(-c3ccc(-c4ccc(OOC)c(OOOC(=O)CCO)c4)cc3CC)cc2)CC1. The second-order valence-electron chi connectivity index (χ2n) is 11.1. The summed E-state index contributed by atoms with van der Waals surface area (Å²) in [4.78, 5) is 31.1. The van der Waals surface area contributed by atoms with Crippen LogP contribution < -0.4 is 9.78 Å². The van der Waals surface area contributed by atoms with Gasteiger partial charge >= 0.3 is 5.97 Å². The summed E-state index contributed by atoms with van der Waals surface area (Å²) in [7, 11) is 1.37. The van der Waals surface area contributed by atoms with Gasteiger partial charge in [0, 0.05) is 5.04 Å². The molecule has 0 radical (unpaired) electrons. The molecule has 3 aromatic rings. The largest absolute Gasteiger partial charge is 0.396 e. The second-order valence-corrected chi connectivity index (χ2v) is 11.1. The van der Waals surface area contributed by atoms with Crippen molar-refractivity contribution in [2.45, 2.75) is 84.0 Å². The first-order chi connectivity index (χ1) is 20.6. The van der Waals surface area contributed by atoms with Crippen molar-refractivity contribution in [3.63, 3.8) is 0 Å². The van der Waals surface area contributed by atoms with Crippen molar-refractivity contribution in [1.29, 1.82) is 0 Å². The van der Waals surface area contributed by atoms with E-state index < -0.39 is 5.97 Å². The molecule has 0 unspecified atom stereocenters. The maximum atomic E-state index is 11.5. The lowest BCUT2D eigenvalue weighted by Crippen LogP contribution is -2.13. The Balaban J connectivity index is 1.45. The topological polar surface area (TPSA) is 83.5 Å². The summed E-state index contributed by atoms with van der Waals surface area (Å²) in [6.45, 7) is 4.09. The van der Waals surface area contributed by atoms with Crippen molar-refractivity contribution in [3.8, 4) is 33.8 Å². The molecule has 1 aliphatic carbocycles. The molecule has 0 amide bonds. The molecule has 1 saturated carbocycles. The molecule has 226 valence electrons. The number of aliphatic hydroxyl groups excluding tert-OH is 1. The van der Waals surface area contributed by atoms with E-state index in [-0.39, 0.29) is 24.5 Å². The molecule has 0 heterocycles. The number of hydrogen-bond acceptors (Lipinski definition) is 7. The maximum absolute atomic E-state index is 11.5. The van der Waals surface area contributed by atoms with E-state index in [0.717, 1.165) is 23.5 Å². The number of benzene rings is 3.